The number of aryl methyl sites for hydroxylation is 1. The van der Waals surface area contributed by atoms with Crippen molar-refractivity contribution in [3.8, 4) is 5.75 Å². The van der Waals surface area contributed by atoms with Gasteiger partial charge in [0.2, 0.25) is 0 Å². The predicted molar refractivity (Wildman–Crippen MR) is 99.6 cm³/mol. The number of hydrogen-bond acceptors (Lipinski definition) is 3. The highest BCUT2D eigenvalue weighted by molar-refractivity contribution is 5.77. The molecule has 1 amide bonds. The van der Waals surface area contributed by atoms with Gasteiger partial charge in [-0.1, -0.05) is 29.8 Å². The SMILES string of the molecule is Cc1ccc(OCC(=O)NCC(c2ccc(F)cc2)N2CCCC2)cc1. The van der Waals surface area contributed by atoms with Crippen molar-refractivity contribution >= 4 is 5.91 Å². The monoisotopic (exact) mass is 356 g/mol. The molecule has 1 saturated heterocycles. The summed E-state index contributed by atoms with van der Waals surface area (Å²) in [5.41, 5.74) is 2.17. The lowest BCUT2D eigenvalue weighted by atomic mass is 10.1. The number of rotatable bonds is 7. The summed E-state index contributed by atoms with van der Waals surface area (Å²) in [6, 6.07) is 14.2. The number of halogens is 1. The first-order valence-electron chi connectivity index (χ1n) is 9.07. The average Bonchev–Trinajstić information content (AvgIpc) is 3.17. The Bertz CT molecular complexity index is 710. The Balaban J connectivity index is 1.55. The number of nitrogens with one attached hydrogen (secondary N) is 1. The van der Waals surface area contributed by atoms with Gasteiger partial charge in [0.05, 0.1) is 6.04 Å². The smallest absolute Gasteiger partial charge is 0.258 e. The number of carbonyl (C=O) groups excluding carboxylic acids is 1. The molecule has 0 saturated carbocycles. The molecule has 0 radical (unpaired) electrons. The Morgan fingerprint density at radius 3 is 2.42 bits per heavy atom. The largest absolute Gasteiger partial charge is 0.484 e. The second kappa shape index (κ2) is 8.81. The van der Waals surface area contributed by atoms with Gasteiger partial charge in [-0.3, -0.25) is 9.69 Å². The molecule has 1 aliphatic rings. The third-order valence-electron chi connectivity index (χ3n) is 4.72. The number of nitrogens with zero attached hydrogens (tertiary/aromatic N) is 1. The molecule has 1 atom stereocenters. The van der Waals surface area contributed by atoms with Crippen LogP contribution >= 0.6 is 0 Å². The van der Waals surface area contributed by atoms with Crippen LogP contribution in [0.25, 0.3) is 0 Å². The van der Waals surface area contributed by atoms with Crippen LogP contribution in [0.15, 0.2) is 48.5 Å². The van der Waals surface area contributed by atoms with Crippen LogP contribution in [-0.4, -0.2) is 37.0 Å². The van der Waals surface area contributed by atoms with Gasteiger partial charge < -0.3 is 10.1 Å². The molecular weight excluding hydrogens is 331 g/mol. The van der Waals surface area contributed by atoms with Crippen molar-refractivity contribution in [2.24, 2.45) is 0 Å². The molecule has 1 fully saturated rings. The minimum Gasteiger partial charge on any atom is -0.484 e. The fraction of sp³-hybridized carbons (Fsp3) is 0.381. The van der Waals surface area contributed by atoms with Crippen molar-refractivity contribution in [3.63, 3.8) is 0 Å². The van der Waals surface area contributed by atoms with Gasteiger partial charge >= 0.3 is 0 Å². The number of ether oxygens (including phenoxy) is 1. The fourth-order valence-corrected chi connectivity index (χ4v) is 3.24. The maximum absolute atomic E-state index is 13.2. The number of benzene rings is 2. The van der Waals surface area contributed by atoms with Crippen molar-refractivity contribution in [1.82, 2.24) is 10.2 Å². The van der Waals surface area contributed by atoms with E-state index in [2.05, 4.69) is 10.2 Å². The van der Waals surface area contributed by atoms with Crippen molar-refractivity contribution in [2.45, 2.75) is 25.8 Å². The molecule has 1 aliphatic heterocycles. The molecule has 1 heterocycles. The van der Waals surface area contributed by atoms with Gasteiger partial charge in [0.15, 0.2) is 6.61 Å². The van der Waals surface area contributed by atoms with Gasteiger partial charge in [-0.25, -0.2) is 4.39 Å². The predicted octanol–water partition coefficient (Wildman–Crippen LogP) is 3.47. The summed E-state index contributed by atoms with van der Waals surface area (Å²) in [6.45, 7) is 4.47. The number of likely N-dealkylation sites (tertiary alicyclic amines) is 1. The Hall–Kier alpha value is -2.40. The first-order valence-corrected chi connectivity index (χ1v) is 9.07. The van der Waals surface area contributed by atoms with E-state index in [-0.39, 0.29) is 24.4 Å². The Kier molecular flexibility index (Phi) is 6.23. The van der Waals surface area contributed by atoms with Crippen LogP contribution < -0.4 is 10.1 Å². The molecule has 0 bridgehead atoms. The zero-order valence-electron chi connectivity index (χ0n) is 15.1. The molecular formula is C21H25FN2O2. The van der Waals surface area contributed by atoms with Crippen LogP contribution in [0.5, 0.6) is 5.75 Å². The minimum atomic E-state index is -0.246. The van der Waals surface area contributed by atoms with Gasteiger partial charge in [-0.2, -0.15) is 0 Å². The second-order valence-electron chi connectivity index (χ2n) is 6.72. The molecule has 0 spiro atoms. The summed E-state index contributed by atoms with van der Waals surface area (Å²) in [5, 5.41) is 2.96. The first-order chi connectivity index (χ1) is 12.6. The fourth-order valence-electron chi connectivity index (χ4n) is 3.24. The van der Waals surface area contributed by atoms with Crippen LogP contribution in [0.3, 0.4) is 0 Å². The summed E-state index contributed by atoms with van der Waals surface area (Å²) in [7, 11) is 0. The zero-order chi connectivity index (χ0) is 18.4. The van der Waals surface area contributed by atoms with Crippen molar-refractivity contribution < 1.29 is 13.9 Å². The Morgan fingerprint density at radius 2 is 1.77 bits per heavy atom. The topological polar surface area (TPSA) is 41.6 Å². The van der Waals surface area contributed by atoms with Crippen LogP contribution in [0.4, 0.5) is 4.39 Å². The molecule has 5 heteroatoms. The molecule has 0 aromatic heterocycles. The molecule has 26 heavy (non-hydrogen) atoms. The van der Waals surface area contributed by atoms with E-state index in [1.807, 2.05) is 31.2 Å². The van der Waals surface area contributed by atoms with E-state index in [1.165, 1.54) is 12.1 Å². The highest BCUT2D eigenvalue weighted by Gasteiger charge is 2.24. The second-order valence-corrected chi connectivity index (χ2v) is 6.72. The lowest BCUT2D eigenvalue weighted by Gasteiger charge is -2.28. The number of carbonyl (C=O) groups is 1. The molecule has 2 aromatic carbocycles. The van der Waals surface area contributed by atoms with Gasteiger partial charge in [-0.05, 0) is 62.7 Å². The van der Waals surface area contributed by atoms with Gasteiger partial charge in [0.1, 0.15) is 11.6 Å². The molecule has 2 aromatic rings. The highest BCUT2D eigenvalue weighted by Crippen LogP contribution is 2.24. The van der Waals surface area contributed by atoms with Crippen molar-refractivity contribution in [2.75, 3.05) is 26.2 Å². The van der Waals surface area contributed by atoms with Gasteiger partial charge in [0.25, 0.3) is 5.91 Å². The van der Waals surface area contributed by atoms with E-state index < -0.39 is 0 Å². The zero-order valence-corrected chi connectivity index (χ0v) is 15.1. The van der Waals surface area contributed by atoms with Crippen LogP contribution in [0, 0.1) is 12.7 Å². The van der Waals surface area contributed by atoms with Crippen molar-refractivity contribution in [3.05, 3.63) is 65.5 Å². The summed E-state index contributed by atoms with van der Waals surface area (Å²) < 4.78 is 18.8. The summed E-state index contributed by atoms with van der Waals surface area (Å²) in [6.07, 6.45) is 2.31. The number of hydrogen-bond donors (Lipinski definition) is 1. The molecule has 1 unspecified atom stereocenters. The van der Waals surface area contributed by atoms with E-state index >= 15 is 0 Å². The first kappa shape index (κ1) is 18.4. The van der Waals surface area contributed by atoms with Crippen LogP contribution in [0.1, 0.15) is 30.0 Å². The number of amides is 1. The van der Waals surface area contributed by atoms with Gasteiger partial charge in [-0.15, -0.1) is 0 Å². The Labute approximate surface area is 154 Å². The van der Waals surface area contributed by atoms with E-state index in [9.17, 15) is 9.18 Å². The minimum absolute atomic E-state index is 0.0147. The normalized spacial score (nSPS) is 15.6. The lowest BCUT2D eigenvalue weighted by molar-refractivity contribution is -0.123. The highest BCUT2D eigenvalue weighted by atomic mass is 19.1. The van der Waals surface area contributed by atoms with Crippen LogP contribution in [0.2, 0.25) is 0 Å². The van der Waals surface area contributed by atoms with Gasteiger partial charge in [0, 0.05) is 6.54 Å². The lowest BCUT2D eigenvalue weighted by Crippen LogP contribution is -2.38. The maximum atomic E-state index is 13.2. The molecule has 4 nitrogen and oxygen atoms in total. The molecule has 1 N–H and O–H groups in total. The molecule has 0 aliphatic carbocycles. The Morgan fingerprint density at radius 1 is 1.12 bits per heavy atom. The van der Waals surface area contributed by atoms with Crippen molar-refractivity contribution in [1.29, 1.82) is 0 Å². The van der Waals surface area contributed by atoms with Crippen LogP contribution in [-0.2, 0) is 4.79 Å². The van der Waals surface area contributed by atoms with E-state index in [4.69, 9.17) is 4.74 Å². The van der Waals surface area contributed by atoms with E-state index in [0.29, 0.717) is 12.3 Å². The summed E-state index contributed by atoms with van der Waals surface area (Å²) >= 11 is 0. The standard InChI is InChI=1S/C21H25FN2O2/c1-16-4-10-19(11-5-16)26-15-21(25)23-14-20(24-12-2-3-13-24)17-6-8-18(22)9-7-17/h4-11,20H,2-3,12-15H2,1H3,(H,23,25). The molecule has 3 rings (SSSR count). The van der Waals surface area contributed by atoms with E-state index in [0.717, 1.165) is 37.1 Å². The quantitative estimate of drug-likeness (QED) is 0.826. The van der Waals surface area contributed by atoms with E-state index in [1.54, 1.807) is 12.1 Å². The third kappa shape index (κ3) is 5.05. The average molecular weight is 356 g/mol. The maximum Gasteiger partial charge on any atom is 0.258 e. The molecule has 138 valence electrons. The summed E-state index contributed by atoms with van der Waals surface area (Å²) in [5.74, 6) is 0.279. The summed E-state index contributed by atoms with van der Waals surface area (Å²) in [4.78, 5) is 14.5. The third-order valence-corrected chi connectivity index (χ3v) is 4.72.